The van der Waals surface area contributed by atoms with E-state index in [-0.39, 0.29) is 5.91 Å². The number of hydrogen-bond donors (Lipinski definition) is 0. The van der Waals surface area contributed by atoms with Crippen LogP contribution in [-0.2, 0) is 6.42 Å². The largest absolute Gasteiger partial charge is 0.353 e. The normalized spacial score (nSPS) is 14.4. The van der Waals surface area contributed by atoms with Crippen molar-refractivity contribution in [3.05, 3.63) is 59.1 Å². The first-order valence-electron chi connectivity index (χ1n) is 9.23. The molecule has 1 aromatic carbocycles. The Morgan fingerprint density at radius 3 is 2.57 bits per heavy atom. The first-order chi connectivity index (χ1) is 13.7. The van der Waals surface area contributed by atoms with Gasteiger partial charge in [0, 0.05) is 44.4 Å². The molecule has 1 amide bonds. The van der Waals surface area contributed by atoms with Gasteiger partial charge in [0.2, 0.25) is 11.7 Å². The van der Waals surface area contributed by atoms with Gasteiger partial charge in [-0.3, -0.25) is 4.79 Å². The van der Waals surface area contributed by atoms with Crippen molar-refractivity contribution in [1.29, 1.82) is 0 Å². The third kappa shape index (κ3) is 3.71. The minimum atomic E-state index is -0.0302. The van der Waals surface area contributed by atoms with Crippen molar-refractivity contribution >= 4 is 23.3 Å². The highest BCUT2D eigenvalue weighted by Crippen LogP contribution is 2.21. The Bertz CT molecular complexity index is 965. The van der Waals surface area contributed by atoms with Gasteiger partial charge in [0.1, 0.15) is 5.82 Å². The number of hydrogen-bond acceptors (Lipinski definition) is 6. The van der Waals surface area contributed by atoms with Crippen molar-refractivity contribution in [3.8, 4) is 11.4 Å². The monoisotopic (exact) mass is 397 g/mol. The maximum absolute atomic E-state index is 12.7. The average molecular weight is 398 g/mol. The fraction of sp³-hybridized carbons (Fsp3) is 0.300. The van der Waals surface area contributed by atoms with E-state index in [1.807, 2.05) is 36.1 Å². The maximum atomic E-state index is 12.7. The van der Waals surface area contributed by atoms with Crippen molar-refractivity contribution in [2.45, 2.75) is 13.3 Å². The summed E-state index contributed by atoms with van der Waals surface area (Å²) < 4.78 is 5.15. The summed E-state index contributed by atoms with van der Waals surface area (Å²) in [5.74, 6) is 2.00. The Labute approximate surface area is 167 Å². The van der Waals surface area contributed by atoms with Crippen LogP contribution >= 0.6 is 11.6 Å². The average Bonchev–Trinajstić information content (AvgIpc) is 3.23. The van der Waals surface area contributed by atoms with Crippen LogP contribution in [-0.4, -0.2) is 52.1 Å². The number of aryl methyl sites for hydroxylation is 1. The summed E-state index contributed by atoms with van der Waals surface area (Å²) in [7, 11) is 0. The number of carbonyl (C=O) groups is 1. The predicted molar refractivity (Wildman–Crippen MR) is 106 cm³/mol. The molecule has 2 aromatic heterocycles. The summed E-state index contributed by atoms with van der Waals surface area (Å²) in [4.78, 5) is 25.5. The van der Waals surface area contributed by atoms with Crippen LogP contribution in [0.2, 0.25) is 5.02 Å². The number of halogens is 1. The lowest BCUT2D eigenvalue weighted by Gasteiger charge is -2.35. The molecule has 1 fully saturated rings. The second-order valence-electron chi connectivity index (χ2n) is 6.53. The van der Waals surface area contributed by atoms with E-state index >= 15 is 0 Å². The first-order valence-corrected chi connectivity index (χ1v) is 9.61. The van der Waals surface area contributed by atoms with E-state index in [9.17, 15) is 4.79 Å². The smallest absolute Gasteiger partial charge is 0.255 e. The van der Waals surface area contributed by atoms with Gasteiger partial charge in [0.05, 0.1) is 10.6 Å². The Morgan fingerprint density at radius 1 is 1.14 bits per heavy atom. The van der Waals surface area contributed by atoms with Crippen LogP contribution in [0.5, 0.6) is 0 Å². The van der Waals surface area contributed by atoms with Crippen LogP contribution in [0.25, 0.3) is 11.4 Å². The molecule has 0 radical (unpaired) electrons. The lowest BCUT2D eigenvalue weighted by molar-refractivity contribution is 0.0746. The van der Waals surface area contributed by atoms with Crippen molar-refractivity contribution < 1.29 is 9.32 Å². The van der Waals surface area contributed by atoms with Gasteiger partial charge < -0.3 is 14.3 Å². The molecule has 1 aliphatic rings. The van der Waals surface area contributed by atoms with Crippen LogP contribution in [0, 0.1) is 0 Å². The van der Waals surface area contributed by atoms with Crippen LogP contribution in [0.15, 0.2) is 47.1 Å². The van der Waals surface area contributed by atoms with E-state index < -0.39 is 0 Å². The molecule has 3 heterocycles. The molecule has 0 atom stereocenters. The van der Waals surface area contributed by atoms with Gasteiger partial charge >= 0.3 is 0 Å². The van der Waals surface area contributed by atoms with Gasteiger partial charge in [0.15, 0.2) is 0 Å². The fourth-order valence-corrected chi connectivity index (χ4v) is 3.38. The Balaban J connectivity index is 1.40. The first kappa shape index (κ1) is 18.4. The molecular weight excluding hydrogens is 378 g/mol. The van der Waals surface area contributed by atoms with Gasteiger partial charge in [0.25, 0.3) is 5.91 Å². The highest BCUT2D eigenvalue weighted by Gasteiger charge is 2.24. The van der Waals surface area contributed by atoms with E-state index in [0.717, 1.165) is 11.4 Å². The standard InChI is InChI=1S/C20H20ClN5O2/c1-2-18-23-19(24-28-18)14-7-8-17(22-13-14)25-9-11-26(12-10-25)20(27)15-5-3-4-6-16(15)21/h3-8,13H,2,9-12H2,1H3. The molecule has 0 unspecified atom stereocenters. The molecule has 28 heavy (non-hydrogen) atoms. The van der Waals surface area contributed by atoms with E-state index in [1.54, 1.807) is 18.3 Å². The van der Waals surface area contributed by atoms with Gasteiger partial charge in [-0.15, -0.1) is 0 Å². The molecular formula is C20H20ClN5O2. The van der Waals surface area contributed by atoms with Crippen molar-refractivity contribution in [2.75, 3.05) is 31.1 Å². The summed E-state index contributed by atoms with van der Waals surface area (Å²) in [5, 5.41) is 4.46. The lowest BCUT2D eigenvalue weighted by Crippen LogP contribution is -2.49. The third-order valence-electron chi connectivity index (χ3n) is 4.77. The number of piperazine rings is 1. The molecule has 0 aliphatic carbocycles. The zero-order valence-electron chi connectivity index (χ0n) is 15.5. The zero-order chi connectivity index (χ0) is 19.5. The molecule has 1 aliphatic heterocycles. The highest BCUT2D eigenvalue weighted by atomic mass is 35.5. The highest BCUT2D eigenvalue weighted by molar-refractivity contribution is 6.33. The fourth-order valence-electron chi connectivity index (χ4n) is 3.16. The topological polar surface area (TPSA) is 75.4 Å². The SMILES string of the molecule is CCc1nc(-c2ccc(N3CCN(C(=O)c4ccccc4Cl)CC3)nc2)no1. The summed E-state index contributed by atoms with van der Waals surface area (Å²) >= 11 is 6.15. The van der Waals surface area contributed by atoms with Crippen LogP contribution < -0.4 is 4.90 Å². The number of carbonyl (C=O) groups excluding carboxylic acids is 1. The molecule has 0 spiro atoms. The number of benzene rings is 1. The number of aromatic nitrogens is 3. The Morgan fingerprint density at radius 2 is 1.93 bits per heavy atom. The third-order valence-corrected chi connectivity index (χ3v) is 5.10. The van der Waals surface area contributed by atoms with Crippen molar-refractivity contribution in [1.82, 2.24) is 20.0 Å². The Kier molecular flexibility index (Phi) is 5.25. The predicted octanol–water partition coefficient (Wildman–Crippen LogP) is 3.31. The van der Waals surface area contributed by atoms with E-state index in [2.05, 4.69) is 20.0 Å². The van der Waals surface area contributed by atoms with Crippen molar-refractivity contribution in [3.63, 3.8) is 0 Å². The molecule has 0 saturated carbocycles. The van der Waals surface area contributed by atoms with E-state index in [4.69, 9.17) is 16.1 Å². The van der Waals surface area contributed by atoms with Crippen LogP contribution in [0.1, 0.15) is 23.2 Å². The molecule has 8 heteroatoms. The molecule has 7 nitrogen and oxygen atoms in total. The summed E-state index contributed by atoms with van der Waals surface area (Å²) in [5.41, 5.74) is 1.37. The molecule has 4 rings (SSSR count). The number of pyridine rings is 1. The quantitative estimate of drug-likeness (QED) is 0.672. The lowest BCUT2D eigenvalue weighted by atomic mass is 10.1. The molecule has 0 N–H and O–H groups in total. The number of anilines is 1. The van der Waals surface area contributed by atoms with Crippen LogP contribution in [0.3, 0.4) is 0 Å². The van der Waals surface area contributed by atoms with Gasteiger partial charge in [-0.2, -0.15) is 4.98 Å². The number of nitrogens with zero attached hydrogens (tertiary/aromatic N) is 5. The van der Waals surface area contributed by atoms with E-state index in [0.29, 0.717) is 54.9 Å². The summed E-state index contributed by atoms with van der Waals surface area (Å²) in [6.07, 6.45) is 2.45. The second kappa shape index (κ2) is 7.98. The maximum Gasteiger partial charge on any atom is 0.255 e. The van der Waals surface area contributed by atoms with Crippen LogP contribution in [0.4, 0.5) is 5.82 Å². The van der Waals surface area contributed by atoms with Gasteiger partial charge in [-0.05, 0) is 24.3 Å². The minimum absolute atomic E-state index is 0.0302. The minimum Gasteiger partial charge on any atom is -0.353 e. The van der Waals surface area contributed by atoms with Gasteiger partial charge in [-0.1, -0.05) is 35.8 Å². The molecule has 144 valence electrons. The number of rotatable bonds is 4. The molecule has 0 bridgehead atoms. The van der Waals surface area contributed by atoms with Crippen molar-refractivity contribution in [2.24, 2.45) is 0 Å². The molecule has 3 aromatic rings. The Hall–Kier alpha value is -2.93. The molecule has 1 saturated heterocycles. The summed E-state index contributed by atoms with van der Waals surface area (Å²) in [6, 6.07) is 11.0. The van der Waals surface area contributed by atoms with E-state index in [1.165, 1.54) is 0 Å². The zero-order valence-corrected chi connectivity index (χ0v) is 16.3. The summed E-state index contributed by atoms with van der Waals surface area (Å²) in [6.45, 7) is 4.64. The second-order valence-corrected chi connectivity index (χ2v) is 6.94. The number of amides is 1. The van der Waals surface area contributed by atoms with Gasteiger partial charge in [-0.25, -0.2) is 4.98 Å².